The number of benzene rings is 1. The van der Waals surface area contributed by atoms with Crippen LogP contribution in [-0.4, -0.2) is 25.4 Å². The lowest BCUT2D eigenvalue weighted by Gasteiger charge is -1.99. The van der Waals surface area contributed by atoms with Crippen molar-refractivity contribution >= 4 is 11.2 Å². The molecule has 0 aliphatic heterocycles. The highest BCUT2D eigenvalue weighted by Crippen LogP contribution is 2.18. The van der Waals surface area contributed by atoms with Crippen LogP contribution in [0.4, 0.5) is 0 Å². The van der Waals surface area contributed by atoms with Crippen LogP contribution in [0.2, 0.25) is 0 Å². The van der Waals surface area contributed by atoms with Gasteiger partial charge >= 0.3 is 0 Å². The first kappa shape index (κ1) is 9.42. The lowest BCUT2D eigenvalue weighted by molar-refractivity contribution is 0.954. The highest BCUT2D eigenvalue weighted by molar-refractivity contribution is 5.77. The number of aromatic amines is 1. The third kappa shape index (κ3) is 1.50. The molecule has 0 spiro atoms. The Kier molecular flexibility index (Phi) is 2.02. The van der Waals surface area contributed by atoms with Gasteiger partial charge in [-0.25, -0.2) is 9.97 Å². The summed E-state index contributed by atoms with van der Waals surface area (Å²) in [5.41, 5.74) is 1.86. The van der Waals surface area contributed by atoms with Crippen molar-refractivity contribution in [2.45, 2.75) is 0 Å². The predicted octanol–water partition coefficient (Wildman–Crippen LogP) is 1.29. The maximum absolute atomic E-state index is 9.00. The average molecular weight is 222 g/mol. The molecular formula is C11H6N6. The number of H-pyrrole nitrogens is 1. The fraction of sp³-hybridized carbons (Fsp3) is 0. The van der Waals surface area contributed by atoms with E-state index in [1.54, 1.807) is 0 Å². The van der Waals surface area contributed by atoms with Gasteiger partial charge in [0.2, 0.25) is 5.65 Å². The fourth-order valence-corrected chi connectivity index (χ4v) is 1.54. The SMILES string of the molecule is N#Cc1nc(-c2ccccc2)nc2n[nH]nc12. The number of rotatable bonds is 1. The van der Waals surface area contributed by atoms with Crippen molar-refractivity contribution in [2.24, 2.45) is 0 Å². The Morgan fingerprint density at radius 2 is 1.88 bits per heavy atom. The van der Waals surface area contributed by atoms with E-state index >= 15 is 0 Å². The van der Waals surface area contributed by atoms with Crippen LogP contribution < -0.4 is 0 Å². The highest BCUT2D eigenvalue weighted by atomic mass is 15.3. The molecule has 0 radical (unpaired) electrons. The predicted molar refractivity (Wildman–Crippen MR) is 59.6 cm³/mol. The topological polar surface area (TPSA) is 91.1 Å². The molecule has 6 heteroatoms. The molecule has 0 aliphatic carbocycles. The number of aromatic nitrogens is 5. The molecule has 80 valence electrons. The Hall–Kier alpha value is -2.81. The lowest BCUT2D eigenvalue weighted by atomic mass is 10.2. The third-order valence-corrected chi connectivity index (χ3v) is 2.32. The molecule has 0 bridgehead atoms. The Labute approximate surface area is 96.0 Å². The van der Waals surface area contributed by atoms with E-state index in [-0.39, 0.29) is 5.69 Å². The van der Waals surface area contributed by atoms with Crippen LogP contribution in [0.25, 0.3) is 22.6 Å². The van der Waals surface area contributed by atoms with Crippen LogP contribution in [0.15, 0.2) is 30.3 Å². The van der Waals surface area contributed by atoms with E-state index < -0.39 is 0 Å². The van der Waals surface area contributed by atoms with Crippen LogP contribution in [0.3, 0.4) is 0 Å². The van der Waals surface area contributed by atoms with Gasteiger partial charge in [-0.2, -0.15) is 15.6 Å². The van der Waals surface area contributed by atoms with Gasteiger partial charge in [-0.3, -0.25) is 0 Å². The summed E-state index contributed by atoms with van der Waals surface area (Å²) in [5, 5.41) is 19.2. The molecule has 0 amide bonds. The van der Waals surface area contributed by atoms with Crippen molar-refractivity contribution in [2.75, 3.05) is 0 Å². The number of fused-ring (bicyclic) bond motifs is 1. The number of nitriles is 1. The largest absolute Gasteiger partial charge is 0.215 e. The molecule has 2 aromatic heterocycles. The first-order chi connectivity index (χ1) is 8.38. The molecule has 1 N–H and O–H groups in total. The smallest absolute Gasteiger partial charge is 0.206 e. The average Bonchev–Trinajstić information content (AvgIpc) is 2.86. The van der Waals surface area contributed by atoms with Crippen molar-refractivity contribution < 1.29 is 0 Å². The number of hydrogen-bond acceptors (Lipinski definition) is 5. The zero-order valence-corrected chi connectivity index (χ0v) is 8.62. The summed E-state index contributed by atoms with van der Waals surface area (Å²) in [6.07, 6.45) is 0. The van der Waals surface area contributed by atoms with Gasteiger partial charge in [0.25, 0.3) is 0 Å². The van der Waals surface area contributed by atoms with Gasteiger partial charge in [0, 0.05) is 5.56 Å². The van der Waals surface area contributed by atoms with Gasteiger partial charge in [0.15, 0.2) is 17.0 Å². The number of nitrogens with one attached hydrogen (secondary N) is 1. The van der Waals surface area contributed by atoms with E-state index in [2.05, 4.69) is 25.4 Å². The Morgan fingerprint density at radius 3 is 2.65 bits per heavy atom. The second-order valence-electron chi connectivity index (χ2n) is 3.37. The summed E-state index contributed by atoms with van der Waals surface area (Å²) in [7, 11) is 0. The van der Waals surface area contributed by atoms with Crippen molar-refractivity contribution in [1.29, 1.82) is 5.26 Å². The maximum atomic E-state index is 9.00. The molecule has 0 fully saturated rings. The van der Waals surface area contributed by atoms with Crippen LogP contribution in [0.1, 0.15) is 5.69 Å². The van der Waals surface area contributed by atoms with Gasteiger partial charge in [-0.05, 0) is 0 Å². The molecule has 17 heavy (non-hydrogen) atoms. The van der Waals surface area contributed by atoms with Gasteiger partial charge in [0.1, 0.15) is 6.07 Å². The summed E-state index contributed by atoms with van der Waals surface area (Å²) in [5.74, 6) is 0.476. The Bertz CT molecular complexity index is 710. The summed E-state index contributed by atoms with van der Waals surface area (Å²) in [6.45, 7) is 0. The second kappa shape index (κ2) is 3.64. The van der Waals surface area contributed by atoms with E-state index in [9.17, 15) is 0 Å². The van der Waals surface area contributed by atoms with E-state index in [0.29, 0.717) is 17.0 Å². The summed E-state index contributed by atoms with van der Waals surface area (Å²) in [4.78, 5) is 8.41. The maximum Gasteiger partial charge on any atom is 0.206 e. The van der Waals surface area contributed by atoms with Crippen molar-refractivity contribution in [3.63, 3.8) is 0 Å². The zero-order valence-electron chi connectivity index (χ0n) is 8.62. The minimum absolute atomic E-state index is 0.225. The van der Waals surface area contributed by atoms with Gasteiger partial charge in [-0.1, -0.05) is 30.3 Å². The van der Waals surface area contributed by atoms with Gasteiger partial charge < -0.3 is 0 Å². The van der Waals surface area contributed by atoms with Crippen molar-refractivity contribution in [3.8, 4) is 17.5 Å². The molecule has 0 saturated heterocycles. The lowest BCUT2D eigenvalue weighted by Crippen LogP contribution is -1.94. The van der Waals surface area contributed by atoms with Gasteiger partial charge in [0.05, 0.1) is 0 Å². The molecule has 6 nitrogen and oxygen atoms in total. The molecule has 1 aromatic carbocycles. The molecule has 0 saturated carbocycles. The molecular weight excluding hydrogens is 216 g/mol. The molecule has 0 unspecified atom stereocenters. The normalized spacial score (nSPS) is 10.3. The summed E-state index contributed by atoms with van der Waals surface area (Å²) in [6, 6.07) is 11.4. The fourth-order valence-electron chi connectivity index (χ4n) is 1.54. The number of nitrogens with zero attached hydrogens (tertiary/aromatic N) is 5. The zero-order chi connectivity index (χ0) is 11.7. The van der Waals surface area contributed by atoms with E-state index in [0.717, 1.165) is 5.56 Å². The second-order valence-corrected chi connectivity index (χ2v) is 3.37. The standard InChI is InChI=1S/C11H6N6/c12-6-8-9-11(16-17-15-9)14-10(13-8)7-4-2-1-3-5-7/h1-5H,(H,13,14,15,16,17). The molecule has 2 heterocycles. The van der Waals surface area contributed by atoms with E-state index in [1.165, 1.54) is 0 Å². The minimum atomic E-state index is 0.225. The highest BCUT2D eigenvalue weighted by Gasteiger charge is 2.11. The quantitative estimate of drug-likeness (QED) is 0.669. The summed E-state index contributed by atoms with van der Waals surface area (Å²) < 4.78 is 0. The van der Waals surface area contributed by atoms with E-state index in [4.69, 9.17) is 5.26 Å². The Balaban J connectivity index is 2.29. The summed E-state index contributed by atoms with van der Waals surface area (Å²) >= 11 is 0. The first-order valence-corrected chi connectivity index (χ1v) is 4.92. The molecule has 0 atom stereocenters. The molecule has 0 aliphatic rings. The van der Waals surface area contributed by atoms with Crippen molar-refractivity contribution in [3.05, 3.63) is 36.0 Å². The van der Waals surface area contributed by atoms with E-state index in [1.807, 2.05) is 36.4 Å². The van der Waals surface area contributed by atoms with Crippen LogP contribution in [0.5, 0.6) is 0 Å². The molecule has 3 aromatic rings. The van der Waals surface area contributed by atoms with Gasteiger partial charge in [-0.15, -0.1) is 5.10 Å². The van der Waals surface area contributed by atoms with Crippen molar-refractivity contribution in [1.82, 2.24) is 25.4 Å². The van der Waals surface area contributed by atoms with Crippen LogP contribution in [0, 0.1) is 11.3 Å². The van der Waals surface area contributed by atoms with Crippen LogP contribution in [-0.2, 0) is 0 Å². The van der Waals surface area contributed by atoms with Crippen LogP contribution >= 0.6 is 0 Å². The first-order valence-electron chi connectivity index (χ1n) is 4.92. The number of hydrogen-bond donors (Lipinski definition) is 1. The third-order valence-electron chi connectivity index (χ3n) is 2.32. The minimum Gasteiger partial charge on any atom is -0.215 e. The Morgan fingerprint density at radius 1 is 1.06 bits per heavy atom. The molecule has 3 rings (SSSR count). The monoisotopic (exact) mass is 222 g/mol.